The van der Waals surface area contributed by atoms with Gasteiger partial charge in [-0.1, -0.05) is 18.2 Å². The third-order valence-electron chi connectivity index (χ3n) is 4.46. The zero-order valence-electron chi connectivity index (χ0n) is 16.6. The minimum absolute atomic E-state index is 0.0499. The van der Waals surface area contributed by atoms with Crippen molar-refractivity contribution in [1.29, 1.82) is 0 Å². The van der Waals surface area contributed by atoms with Crippen molar-refractivity contribution < 1.29 is 27.1 Å². The molecule has 158 valence electrons. The first-order chi connectivity index (χ1) is 14.1. The minimum atomic E-state index is -4.51. The zero-order chi connectivity index (χ0) is 22.1. The standard InChI is InChI=1S/C22H20F4N2O2/c1-12(2)30-21-19(20(29)27-11-14-5-4-6-16(23)9-14)13(3)17-8-7-15(22(24,25)26)10-18(17)28-21/h4-10,12H,11H2,1-3H3,(H,27,29). The van der Waals surface area contributed by atoms with Gasteiger partial charge < -0.3 is 10.1 Å². The molecule has 0 atom stereocenters. The van der Waals surface area contributed by atoms with E-state index in [1.165, 1.54) is 24.3 Å². The second-order valence-electron chi connectivity index (χ2n) is 7.13. The molecule has 0 saturated heterocycles. The van der Waals surface area contributed by atoms with Crippen LogP contribution in [0.1, 0.15) is 40.9 Å². The first kappa shape index (κ1) is 21.5. The van der Waals surface area contributed by atoms with E-state index in [1.54, 1.807) is 26.8 Å². The molecule has 8 heteroatoms. The minimum Gasteiger partial charge on any atom is -0.474 e. The van der Waals surface area contributed by atoms with E-state index in [9.17, 15) is 22.4 Å². The van der Waals surface area contributed by atoms with Crippen LogP contribution in [0.4, 0.5) is 17.6 Å². The Kier molecular flexibility index (Phi) is 5.96. The van der Waals surface area contributed by atoms with Crippen LogP contribution in [-0.2, 0) is 12.7 Å². The third kappa shape index (κ3) is 4.69. The second kappa shape index (κ2) is 8.30. The number of amides is 1. The van der Waals surface area contributed by atoms with E-state index < -0.39 is 23.5 Å². The lowest BCUT2D eigenvalue weighted by Crippen LogP contribution is -2.25. The molecule has 1 N–H and O–H groups in total. The van der Waals surface area contributed by atoms with E-state index in [0.29, 0.717) is 16.5 Å². The largest absolute Gasteiger partial charge is 0.474 e. The predicted molar refractivity (Wildman–Crippen MR) is 105 cm³/mol. The highest BCUT2D eigenvalue weighted by atomic mass is 19.4. The van der Waals surface area contributed by atoms with Gasteiger partial charge in [-0.05, 0) is 56.2 Å². The number of aryl methyl sites for hydroxylation is 1. The molecule has 0 fully saturated rings. The fourth-order valence-corrected chi connectivity index (χ4v) is 3.07. The fraction of sp³-hybridized carbons (Fsp3) is 0.273. The van der Waals surface area contributed by atoms with E-state index in [-0.39, 0.29) is 29.6 Å². The predicted octanol–water partition coefficient (Wildman–Crippen LogP) is 5.42. The maximum atomic E-state index is 13.4. The Balaban J connectivity index is 2.02. The Labute approximate surface area is 170 Å². The molecule has 0 aliphatic rings. The summed E-state index contributed by atoms with van der Waals surface area (Å²) in [6.45, 7) is 5.15. The number of carbonyl (C=O) groups excluding carboxylic acids is 1. The van der Waals surface area contributed by atoms with Gasteiger partial charge in [-0.15, -0.1) is 0 Å². The van der Waals surface area contributed by atoms with Crippen molar-refractivity contribution in [2.45, 2.75) is 39.6 Å². The number of nitrogens with one attached hydrogen (secondary N) is 1. The van der Waals surface area contributed by atoms with Crippen LogP contribution in [0.3, 0.4) is 0 Å². The smallest absolute Gasteiger partial charge is 0.416 e. The molecule has 0 aliphatic heterocycles. The summed E-state index contributed by atoms with van der Waals surface area (Å²) in [5, 5.41) is 3.10. The van der Waals surface area contributed by atoms with Crippen molar-refractivity contribution in [3.63, 3.8) is 0 Å². The summed E-state index contributed by atoms with van der Waals surface area (Å²) in [5.41, 5.74) is 0.393. The molecule has 0 unspecified atom stereocenters. The molecule has 3 aromatic rings. The van der Waals surface area contributed by atoms with Gasteiger partial charge in [0.15, 0.2) is 0 Å². The number of ether oxygens (including phenoxy) is 1. The lowest BCUT2D eigenvalue weighted by molar-refractivity contribution is -0.137. The molecule has 3 rings (SSSR count). The van der Waals surface area contributed by atoms with Crippen molar-refractivity contribution in [2.24, 2.45) is 0 Å². The highest BCUT2D eigenvalue weighted by Crippen LogP contribution is 2.34. The van der Waals surface area contributed by atoms with Gasteiger partial charge >= 0.3 is 6.18 Å². The van der Waals surface area contributed by atoms with Gasteiger partial charge in [-0.25, -0.2) is 9.37 Å². The van der Waals surface area contributed by atoms with Crippen LogP contribution in [0, 0.1) is 12.7 Å². The highest BCUT2D eigenvalue weighted by molar-refractivity contribution is 6.02. The Bertz CT molecular complexity index is 1090. The Morgan fingerprint density at radius 1 is 1.17 bits per heavy atom. The molecule has 0 aliphatic carbocycles. The zero-order valence-corrected chi connectivity index (χ0v) is 16.6. The monoisotopic (exact) mass is 420 g/mol. The Morgan fingerprint density at radius 3 is 2.53 bits per heavy atom. The number of fused-ring (bicyclic) bond motifs is 1. The van der Waals surface area contributed by atoms with Crippen LogP contribution in [0.2, 0.25) is 0 Å². The van der Waals surface area contributed by atoms with Gasteiger partial charge in [-0.3, -0.25) is 4.79 Å². The molecule has 0 saturated carbocycles. The first-order valence-electron chi connectivity index (χ1n) is 9.27. The number of carbonyl (C=O) groups is 1. The van der Waals surface area contributed by atoms with Crippen LogP contribution in [0.5, 0.6) is 5.88 Å². The van der Waals surface area contributed by atoms with Gasteiger partial charge in [0.05, 0.1) is 17.2 Å². The lowest BCUT2D eigenvalue weighted by Gasteiger charge is -2.18. The summed E-state index contributed by atoms with van der Waals surface area (Å²) < 4.78 is 58.2. The number of nitrogens with zero attached hydrogens (tertiary/aromatic N) is 1. The summed E-state index contributed by atoms with van der Waals surface area (Å²) in [6.07, 6.45) is -4.86. The first-order valence-corrected chi connectivity index (χ1v) is 9.27. The SMILES string of the molecule is Cc1c(C(=O)NCc2cccc(F)c2)c(OC(C)C)nc2cc(C(F)(F)F)ccc12. The molecule has 4 nitrogen and oxygen atoms in total. The van der Waals surface area contributed by atoms with E-state index in [1.807, 2.05) is 0 Å². The maximum absolute atomic E-state index is 13.4. The fourth-order valence-electron chi connectivity index (χ4n) is 3.07. The van der Waals surface area contributed by atoms with Crippen LogP contribution in [-0.4, -0.2) is 17.0 Å². The van der Waals surface area contributed by atoms with Gasteiger partial charge in [0.25, 0.3) is 5.91 Å². The summed E-state index contributed by atoms with van der Waals surface area (Å²) in [7, 11) is 0. The summed E-state index contributed by atoms with van der Waals surface area (Å²) in [6, 6.07) is 8.98. The molecular formula is C22H20F4N2O2. The van der Waals surface area contributed by atoms with Crippen molar-refractivity contribution in [2.75, 3.05) is 0 Å². The highest BCUT2D eigenvalue weighted by Gasteiger charge is 2.31. The van der Waals surface area contributed by atoms with Crippen LogP contribution >= 0.6 is 0 Å². The molecule has 0 bridgehead atoms. The number of hydrogen-bond acceptors (Lipinski definition) is 3. The summed E-state index contributed by atoms with van der Waals surface area (Å²) in [5.74, 6) is -0.984. The van der Waals surface area contributed by atoms with Gasteiger partial charge in [0.1, 0.15) is 11.4 Å². The average Bonchev–Trinajstić information content (AvgIpc) is 2.65. The van der Waals surface area contributed by atoms with Crippen molar-refractivity contribution in [1.82, 2.24) is 10.3 Å². The molecule has 1 heterocycles. The van der Waals surface area contributed by atoms with Crippen LogP contribution in [0.15, 0.2) is 42.5 Å². The Morgan fingerprint density at radius 2 is 1.90 bits per heavy atom. The molecule has 0 radical (unpaired) electrons. The molecule has 1 aromatic heterocycles. The summed E-state index contributed by atoms with van der Waals surface area (Å²) >= 11 is 0. The van der Waals surface area contributed by atoms with E-state index in [4.69, 9.17) is 4.74 Å². The van der Waals surface area contributed by atoms with E-state index in [2.05, 4.69) is 10.3 Å². The maximum Gasteiger partial charge on any atom is 0.416 e. The Hall–Kier alpha value is -3.16. The van der Waals surface area contributed by atoms with Gasteiger partial charge in [0.2, 0.25) is 5.88 Å². The molecule has 0 spiro atoms. The second-order valence-corrected chi connectivity index (χ2v) is 7.13. The van der Waals surface area contributed by atoms with Crippen LogP contribution < -0.4 is 10.1 Å². The quantitative estimate of drug-likeness (QED) is 0.561. The van der Waals surface area contributed by atoms with E-state index >= 15 is 0 Å². The molecule has 1 amide bonds. The number of benzene rings is 2. The van der Waals surface area contributed by atoms with Crippen molar-refractivity contribution in [3.05, 3.63) is 70.5 Å². The van der Waals surface area contributed by atoms with Crippen molar-refractivity contribution >= 4 is 16.8 Å². The van der Waals surface area contributed by atoms with Gasteiger partial charge in [0, 0.05) is 11.9 Å². The lowest BCUT2D eigenvalue weighted by atomic mass is 10.0. The van der Waals surface area contributed by atoms with Gasteiger partial charge in [-0.2, -0.15) is 13.2 Å². The number of hydrogen-bond donors (Lipinski definition) is 1. The van der Waals surface area contributed by atoms with Crippen LogP contribution in [0.25, 0.3) is 10.9 Å². The van der Waals surface area contributed by atoms with Crippen molar-refractivity contribution in [3.8, 4) is 5.88 Å². The number of pyridine rings is 1. The number of rotatable bonds is 5. The third-order valence-corrected chi connectivity index (χ3v) is 4.46. The number of aromatic nitrogens is 1. The molecular weight excluding hydrogens is 400 g/mol. The molecule has 30 heavy (non-hydrogen) atoms. The number of alkyl halides is 3. The topological polar surface area (TPSA) is 51.2 Å². The number of halogens is 4. The average molecular weight is 420 g/mol. The molecule has 2 aromatic carbocycles. The van der Waals surface area contributed by atoms with E-state index in [0.717, 1.165) is 12.1 Å². The normalized spacial score (nSPS) is 11.7. The summed E-state index contributed by atoms with van der Waals surface area (Å²) in [4.78, 5) is 17.1.